The number of hydrogen-bond donors (Lipinski definition) is 0. The number of likely N-dealkylation sites (N-methyl/N-ethyl adjacent to an activating group) is 1. The van der Waals surface area contributed by atoms with E-state index in [1.807, 2.05) is 54.6 Å². The summed E-state index contributed by atoms with van der Waals surface area (Å²) in [4.78, 5) is 14.0. The summed E-state index contributed by atoms with van der Waals surface area (Å²) in [5.74, 6) is 1.63. The van der Waals surface area contributed by atoms with E-state index in [2.05, 4.69) is 0 Å². The number of ether oxygens (including phenoxy) is 1. The predicted molar refractivity (Wildman–Crippen MR) is 89.4 cm³/mol. The van der Waals surface area contributed by atoms with E-state index >= 15 is 0 Å². The highest BCUT2D eigenvalue weighted by atomic mass is 16.5. The van der Waals surface area contributed by atoms with E-state index in [1.54, 1.807) is 19.1 Å². The van der Waals surface area contributed by atoms with Crippen LogP contribution in [0.15, 0.2) is 59.0 Å². The molecule has 0 fully saturated rings. The molecular weight excluding hydrogens is 290 g/mol. The Morgan fingerprint density at radius 1 is 1.13 bits per heavy atom. The van der Waals surface area contributed by atoms with E-state index in [0.29, 0.717) is 13.0 Å². The number of nitrogens with zero attached hydrogens (tertiary/aromatic N) is 1. The Kier molecular flexibility index (Phi) is 4.33. The van der Waals surface area contributed by atoms with Gasteiger partial charge in [0.2, 0.25) is 5.91 Å². The summed E-state index contributed by atoms with van der Waals surface area (Å²) in [6.07, 6.45) is 0.362. The molecule has 1 heterocycles. The summed E-state index contributed by atoms with van der Waals surface area (Å²) in [5.41, 5.74) is 1.81. The molecule has 0 radical (unpaired) electrons. The average Bonchev–Trinajstić information content (AvgIpc) is 2.97. The van der Waals surface area contributed by atoms with Crippen LogP contribution in [-0.4, -0.2) is 25.0 Å². The van der Waals surface area contributed by atoms with Gasteiger partial charge in [0.05, 0.1) is 20.1 Å². The molecule has 3 rings (SSSR count). The zero-order valence-electron chi connectivity index (χ0n) is 13.3. The van der Waals surface area contributed by atoms with Crippen molar-refractivity contribution in [3.63, 3.8) is 0 Å². The van der Waals surface area contributed by atoms with E-state index < -0.39 is 0 Å². The normalized spacial score (nSPS) is 10.7. The Morgan fingerprint density at radius 3 is 2.57 bits per heavy atom. The van der Waals surface area contributed by atoms with Gasteiger partial charge >= 0.3 is 0 Å². The molecule has 0 spiro atoms. The van der Waals surface area contributed by atoms with Crippen LogP contribution in [0.2, 0.25) is 0 Å². The van der Waals surface area contributed by atoms with Gasteiger partial charge in [0.15, 0.2) is 0 Å². The maximum atomic E-state index is 12.3. The molecule has 0 aliphatic heterocycles. The lowest BCUT2D eigenvalue weighted by molar-refractivity contribution is -0.129. The van der Waals surface area contributed by atoms with Crippen molar-refractivity contribution in [3.8, 4) is 5.75 Å². The first-order valence-corrected chi connectivity index (χ1v) is 7.50. The summed E-state index contributed by atoms with van der Waals surface area (Å²) < 4.78 is 10.9. The highest BCUT2D eigenvalue weighted by Gasteiger charge is 2.13. The first-order chi connectivity index (χ1) is 11.2. The molecule has 0 bridgehead atoms. The highest BCUT2D eigenvalue weighted by Crippen LogP contribution is 2.20. The third-order valence-electron chi connectivity index (χ3n) is 3.81. The number of furan rings is 1. The van der Waals surface area contributed by atoms with Gasteiger partial charge in [0.25, 0.3) is 0 Å². The molecule has 0 saturated heterocycles. The summed E-state index contributed by atoms with van der Waals surface area (Å²) in [7, 11) is 3.42. The molecule has 0 saturated carbocycles. The smallest absolute Gasteiger partial charge is 0.227 e. The number of rotatable bonds is 5. The molecule has 4 heteroatoms. The molecule has 0 atom stereocenters. The molecule has 23 heavy (non-hydrogen) atoms. The van der Waals surface area contributed by atoms with Crippen molar-refractivity contribution in [1.29, 1.82) is 0 Å². The van der Waals surface area contributed by atoms with Gasteiger partial charge in [-0.25, -0.2) is 0 Å². The Hall–Kier alpha value is -2.75. The quantitative estimate of drug-likeness (QED) is 0.722. The van der Waals surface area contributed by atoms with Crippen LogP contribution in [0.5, 0.6) is 5.75 Å². The predicted octanol–water partition coefficient (Wildman–Crippen LogP) is 3.64. The number of para-hydroxylation sites is 1. The van der Waals surface area contributed by atoms with Crippen LogP contribution in [0.4, 0.5) is 0 Å². The van der Waals surface area contributed by atoms with Gasteiger partial charge < -0.3 is 14.1 Å². The fourth-order valence-corrected chi connectivity index (χ4v) is 2.49. The summed E-state index contributed by atoms with van der Waals surface area (Å²) >= 11 is 0. The maximum Gasteiger partial charge on any atom is 0.227 e. The van der Waals surface area contributed by atoms with Crippen molar-refractivity contribution >= 4 is 16.9 Å². The van der Waals surface area contributed by atoms with Crippen LogP contribution in [0.3, 0.4) is 0 Å². The van der Waals surface area contributed by atoms with Crippen LogP contribution < -0.4 is 4.74 Å². The van der Waals surface area contributed by atoms with Gasteiger partial charge in [-0.2, -0.15) is 0 Å². The maximum absolute atomic E-state index is 12.3. The van der Waals surface area contributed by atoms with E-state index in [4.69, 9.17) is 9.15 Å². The first kappa shape index (κ1) is 15.2. The molecule has 4 nitrogen and oxygen atoms in total. The van der Waals surface area contributed by atoms with E-state index in [1.165, 1.54) is 0 Å². The molecule has 118 valence electrons. The number of carbonyl (C=O) groups is 1. The van der Waals surface area contributed by atoms with Gasteiger partial charge in [-0.3, -0.25) is 4.79 Å². The van der Waals surface area contributed by atoms with Crippen molar-refractivity contribution in [2.24, 2.45) is 0 Å². The number of amides is 1. The largest absolute Gasteiger partial charge is 0.497 e. The molecule has 0 unspecified atom stereocenters. The minimum atomic E-state index is 0.0515. The first-order valence-electron chi connectivity index (χ1n) is 7.50. The fourth-order valence-electron chi connectivity index (χ4n) is 2.49. The standard InChI is InChI=1S/C19H19NO3/c1-20(13-17-12-15-5-3-4-6-18(15)23-17)19(21)11-14-7-9-16(22-2)10-8-14/h3-10,12H,11,13H2,1-2H3. The van der Waals surface area contributed by atoms with E-state index in [-0.39, 0.29) is 5.91 Å². The second-order valence-electron chi connectivity index (χ2n) is 5.53. The van der Waals surface area contributed by atoms with E-state index in [9.17, 15) is 4.79 Å². The lowest BCUT2D eigenvalue weighted by Crippen LogP contribution is -2.27. The van der Waals surface area contributed by atoms with Gasteiger partial charge in [0.1, 0.15) is 17.1 Å². The molecule has 3 aromatic rings. The summed E-state index contributed by atoms with van der Waals surface area (Å²) in [6, 6.07) is 17.4. The van der Waals surface area contributed by atoms with Gasteiger partial charge in [-0.15, -0.1) is 0 Å². The van der Waals surface area contributed by atoms with Crippen molar-refractivity contribution in [2.75, 3.05) is 14.2 Å². The average molecular weight is 309 g/mol. The minimum Gasteiger partial charge on any atom is -0.497 e. The van der Waals surface area contributed by atoms with Gasteiger partial charge in [-0.05, 0) is 29.8 Å². The molecule has 1 aromatic heterocycles. The lowest BCUT2D eigenvalue weighted by Gasteiger charge is -2.15. The fraction of sp³-hybridized carbons (Fsp3) is 0.211. The second kappa shape index (κ2) is 6.57. The van der Waals surface area contributed by atoms with Crippen molar-refractivity contribution in [3.05, 3.63) is 65.9 Å². The van der Waals surface area contributed by atoms with Crippen LogP contribution in [-0.2, 0) is 17.8 Å². The van der Waals surface area contributed by atoms with Crippen molar-refractivity contribution in [1.82, 2.24) is 4.90 Å². The summed E-state index contributed by atoms with van der Waals surface area (Å²) in [5, 5.41) is 1.05. The molecule has 0 aliphatic carbocycles. The third kappa shape index (κ3) is 3.54. The molecule has 0 aliphatic rings. The number of methoxy groups -OCH3 is 1. The number of benzene rings is 2. The number of fused-ring (bicyclic) bond motifs is 1. The zero-order chi connectivity index (χ0) is 16.2. The number of carbonyl (C=O) groups excluding carboxylic acids is 1. The topological polar surface area (TPSA) is 42.7 Å². The van der Waals surface area contributed by atoms with E-state index in [0.717, 1.165) is 28.0 Å². The number of hydrogen-bond acceptors (Lipinski definition) is 3. The third-order valence-corrected chi connectivity index (χ3v) is 3.81. The monoisotopic (exact) mass is 309 g/mol. The molecule has 0 N–H and O–H groups in total. The minimum absolute atomic E-state index is 0.0515. The van der Waals surface area contributed by atoms with Crippen LogP contribution >= 0.6 is 0 Å². The Morgan fingerprint density at radius 2 is 1.87 bits per heavy atom. The Bertz CT molecular complexity index is 772. The SMILES string of the molecule is COc1ccc(CC(=O)N(C)Cc2cc3ccccc3o2)cc1. The highest BCUT2D eigenvalue weighted by molar-refractivity contribution is 5.79. The lowest BCUT2D eigenvalue weighted by atomic mass is 10.1. The van der Waals surface area contributed by atoms with Gasteiger partial charge in [0, 0.05) is 12.4 Å². The molecule has 2 aromatic carbocycles. The van der Waals surface area contributed by atoms with Gasteiger partial charge in [-0.1, -0.05) is 30.3 Å². The van der Waals surface area contributed by atoms with Crippen molar-refractivity contribution in [2.45, 2.75) is 13.0 Å². The Balaban J connectivity index is 1.64. The zero-order valence-corrected chi connectivity index (χ0v) is 13.3. The molecular formula is C19H19NO3. The molecule has 1 amide bonds. The van der Waals surface area contributed by atoms with Crippen LogP contribution in [0.1, 0.15) is 11.3 Å². The van der Waals surface area contributed by atoms with Crippen LogP contribution in [0.25, 0.3) is 11.0 Å². The van der Waals surface area contributed by atoms with Crippen molar-refractivity contribution < 1.29 is 13.9 Å². The van der Waals surface area contributed by atoms with Crippen LogP contribution in [0, 0.1) is 0 Å². The summed E-state index contributed by atoms with van der Waals surface area (Å²) in [6.45, 7) is 0.462. The Labute approximate surface area is 135 Å². The second-order valence-corrected chi connectivity index (χ2v) is 5.53.